The summed E-state index contributed by atoms with van der Waals surface area (Å²) < 4.78 is 0. The maximum atomic E-state index is 7.02. The van der Waals surface area contributed by atoms with E-state index in [4.69, 9.17) is 11.1 Å². The third-order valence-corrected chi connectivity index (χ3v) is 1.15. The van der Waals surface area contributed by atoms with Gasteiger partial charge >= 0.3 is 0 Å². The summed E-state index contributed by atoms with van der Waals surface area (Å²) in [6, 6.07) is 0. The van der Waals surface area contributed by atoms with E-state index < -0.39 is 0 Å². The van der Waals surface area contributed by atoms with E-state index in [1.807, 2.05) is 18.4 Å². The molecular formula is C6H9N3. The van der Waals surface area contributed by atoms with Gasteiger partial charge in [-0.05, 0) is 12.3 Å². The molecule has 0 bridgehead atoms. The quantitative estimate of drug-likeness (QED) is 0.338. The second kappa shape index (κ2) is 2.35. The van der Waals surface area contributed by atoms with Crippen LogP contribution in [0.2, 0.25) is 0 Å². The Morgan fingerprint density at radius 3 is 2.89 bits per heavy atom. The Kier molecular flexibility index (Phi) is 1.53. The van der Waals surface area contributed by atoms with E-state index in [0.717, 1.165) is 5.57 Å². The summed E-state index contributed by atoms with van der Waals surface area (Å²) in [6.07, 6.45) is 5.49. The van der Waals surface area contributed by atoms with Gasteiger partial charge in [-0.3, -0.25) is 5.41 Å². The van der Waals surface area contributed by atoms with Gasteiger partial charge in [-0.15, -0.1) is 0 Å². The molecular weight excluding hydrogens is 114 g/mol. The highest BCUT2D eigenvalue weighted by Crippen LogP contribution is 1.95. The Morgan fingerprint density at radius 2 is 2.56 bits per heavy atom. The molecule has 0 aromatic heterocycles. The normalized spacial score (nSPS) is 16.2. The average Bonchev–Trinajstić information content (AvgIpc) is 1.90. The summed E-state index contributed by atoms with van der Waals surface area (Å²) in [5.41, 5.74) is 6.05. The molecule has 0 saturated carbocycles. The van der Waals surface area contributed by atoms with Crippen LogP contribution in [0.15, 0.2) is 23.9 Å². The first-order valence-electron chi connectivity index (χ1n) is 2.74. The molecule has 0 aromatic carbocycles. The predicted molar refractivity (Wildman–Crippen MR) is 37.1 cm³/mol. The number of hydrogen-bond acceptors (Lipinski definition) is 2. The number of dihydropyridines is 1. The van der Waals surface area contributed by atoms with Gasteiger partial charge < -0.3 is 11.1 Å². The van der Waals surface area contributed by atoms with Crippen molar-refractivity contribution >= 4 is 5.84 Å². The van der Waals surface area contributed by atoms with Gasteiger partial charge in [-0.2, -0.15) is 0 Å². The van der Waals surface area contributed by atoms with Crippen molar-refractivity contribution in [3.05, 3.63) is 23.9 Å². The van der Waals surface area contributed by atoms with E-state index >= 15 is 0 Å². The molecule has 0 fully saturated rings. The van der Waals surface area contributed by atoms with Gasteiger partial charge in [0.1, 0.15) is 5.84 Å². The molecule has 0 aromatic rings. The molecule has 0 aliphatic carbocycles. The van der Waals surface area contributed by atoms with Crippen molar-refractivity contribution < 1.29 is 0 Å². The summed E-state index contributed by atoms with van der Waals surface area (Å²) in [6.45, 7) is 0.672. The van der Waals surface area contributed by atoms with Crippen LogP contribution in [0.4, 0.5) is 0 Å². The zero-order chi connectivity index (χ0) is 6.69. The van der Waals surface area contributed by atoms with Gasteiger partial charge in [0.15, 0.2) is 0 Å². The minimum absolute atomic E-state index is 0.145. The van der Waals surface area contributed by atoms with Gasteiger partial charge in [0.25, 0.3) is 0 Å². The van der Waals surface area contributed by atoms with Crippen LogP contribution >= 0.6 is 0 Å². The molecule has 0 atom stereocenters. The van der Waals surface area contributed by atoms with Crippen LogP contribution in [0, 0.1) is 5.41 Å². The van der Waals surface area contributed by atoms with Gasteiger partial charge in [0, 0.05) is 12.1 Å². The lowest BCUT2D eigenvalue weighted by atomic mass is 10.2. The number of nitrogens with two attached hydrogens (primary N) is 1. The Morgan fingerprint density at radius 1 is 1.78 bits per heavy atom. The number of rotatable bonds is 1. The Bertz CT molecular complexity index is 179. The SMILES string of the molecule is N=C(N)C1=CC=CNC1. The molecule has 0 unspecified atom stereocenters. The molecule has 48 valence electrons. The Hall–Kier alpha value is -1.25. The standard InChI is InChI=1S/C6H9N3/c7-6(8)5-2-1-3-9-4-5/h1-3,9H,4H2,(H3,7,8). The van der Waals surface area contributed by atoms with Crippen molar-refractivity contribution in [2.45, 2.75) is 0 Å². The third-order valence-electron chi connectivity index (χ3n) is 1.15. The highest BCUT2D eigenvalue weighted by molar-refractivity contribution is 5.95. The van der Waals surface area contributed by atoms with Gasteiger partial charge in [0.2, 0.25) is 0 Å². The van der Waals surface area contributed by atoms with Crippen molar-refractivity contribution in [2.75, 3.05) is 6.54 Å². The van der Waals surface area contributed by atoms with Crippen LogP contribution in [0.25, 0.3) is 0 Å². The first kappa shape index (κ1) is 5.88. The second-order valence-electron chi connectivity index (χ2n) is 1.85. The first-order valence-corrected chi connectivity index (χ1v) is 2.74. The minimum Gasteiger partial charge on any atom is -0.387 e. The van der Waals surface area contributed by atoms with Crippen LogP contribution in [-0.2, 0) is 0 Å². The van der Waals surface area contributed by atoms with Gasteiger partial charge in [0.05, 0.1) is 0 Å². The fraction of sp³-hybridized carbons (Fsp3) is 0.167. The zero-order valence-electron chi connectivity index (χ0n) is 5.02. The average molecular weight is 123 g/mol. The van der Waals surface area contributed by atoms with Gasteiger partial charge in [-0.25, -0.2) is 0 Å². The molecule has 1 aliphatic rings. The molecule has 1 aliphatic heterocycles. The minimum atomic E-state index is 0.145. The molecule has 0 spiro atoms. The largest absolute Gasteiger partial charge is 0.387 e. The van der Waals surface area contributed by atoms with Crippen molar-refractivity contribution in [2.24, 2.45) is 5.73 Å². The molecule has 9 heavy (non-hydrogen) atoms. The van der Waals surface area contributed by atoms with E-state index in [1.165, 1.54) is 0 Å². The van der Waals surface area contributed by atoms with Crippen LogP contribution in [0.3, 0.4) is 0 Å². The molecule has 1 rings (SSSR count). The van der Waals surface area contributed by atoms with Crippen LogP contribution in [-0.4, -0.2) is 12.4 Å². The fourth-order valence-electron chi connectivity index (χ4n) is 0.645. The van der Waals surface area contributed by atoms with Crippen molar-refractivity contribution in [1.29, 1.82) is 5.41 Å². The molecule has 4 N–H and O–H groups in total. The first-order chi connectivity index (χ1) is 4.30. The maximum Gasteiger partial charge on any atom is 0.120 e. The molecule has 3 nitrogen and oxygen atoms in total. The maximum absolute atomic E-state index is 7.02. The van der Waals surface area contributed by atoms with Crippen LogP contribution < -0.4 is 11.1 Å². The van der Waals surface area contributed by atoms with Gasteiger partial charge in [-0.1, -0.05) is 6.08 Å². The topological polar surface area (TPSA) is 61.9 Å². The lowest BCUT2D eigenvalue weighted by Gasteiger charge is -2.07. The summed E-state index contributed by atoms with van der Waals surface area (Å²) in [5.74, 6) is 0.145. The highest BCUT2D eigenvalue weighted by atomic mass is 14.9. The summed E-state index contributed by atoms with van der Waals surface area (Å²) >= 11 is 0. The van der Waals surface area contributed by atoms with Crippen molar-refractivity contribution in [3.8, 4) is 0 Å². The molecule has 0 amide bonds. The number of amidine groups is 1. The van der Waals surface area contributed by atoms with E-state index in [9.17, 15) is 0 Å². The lowest BCUT2D eigenvalue weighted by molar-refractivity contribution is 0.945. The zero-order valence-corrected chi connectivity index (χ0v) is 5.02. The number of nitrogens with one attached hydrogen (secondary N) is 2. The second-order valence-corrected chi connectivity index (χ2v) is 1.85. The van der Waals surface area contributed by atoms with Crippen molar-refractivity contribution in [3.63, 3.8) is 0 Å². The predicted octanol–water partition coefficient (Wildman–Crippen LogP) is -0.0343. The van der Waals surface area contributed by atoms with Crippen LogP contribution in [0.1, 0.15) is 0 Å². The summed E-state index contributed by atoms with van der Waals surface area (Å²) in [7, 11) is 0. The number of allylic oxidation sites excluding steroid dienone is 2. The Balaban J connectivity index is 2.68. The van der Waals surface area contributed by atoms with E-state index in [2.05, 4.69) is 5.32 Å². The third kappa shape index (κ3) is 1.32. The fourth-order valence-corrected chi connectivity index (χ4v) is 0.645. The number of hydrogen-bond donors (Lipinski definition) is 3. The summed E-state index contributed by atoms with van der Waals surface area (Å²) in [5, 5.41) is 9.97. The smallest absolute Gasteiger partial charge is 0.120 e. The molecule has 1 heterocycles. The molecule has 0 radical (unpaired) electrons. The Labute approximate surface area is 53.8 Å². The van der Waals surface area contributed by atoms with Crippen LogP contribution in [0.5, 0.6) is 0 Å². The van der Waals surface area contributed by atoms with E-state index in [0.29, 0.717) is 6.54 Å². The molecule has 3 heteroatoms. The highest BCUT2D eigenvalue weighted by Gasteiger charge is 1.99. The lowest BCUT2D eigenvalue weighted by Crippen LogP contribution is -2.23. The molecule has 0 saturated heterocycles. The monoisotopic (exact) mass is 123 g/mol. The van der Waals surface area contributed by atoms with Crippen molar-refractivity contribution in [1.82, 2.24) is 5.32 Å². The summed E-state index contributed by atoms with van der Waals surface area (Å²) in [4.78, 5) is 0. The van der Waals surface area contributed by atoms with E-state index in [1.54, 1.807) is 0 Å². The van der Waals surface area contributed by atoms with E-state index in [-0.39, 0.29) is 5.84 Å².